The summed E-state index contributed by atoms with van der Waals surface area (Å²) >= 11 is 0. The Morgan fingerprint density at radius 1 is 1.50 bits per heavy atom. The van der Waals surface area contributed by atoms with E-state index in [2.05, 4.69) is 10.6 Å². The van der Waals surface area contributed by atoms with Crippen molar-refractivity contribution in [1.29, 1.82) is 0 Å². The maximum absolute atomic E-state index is 12.2. The van der Waals surface area contributed by atoms with E-state index >= 15 is 0 Å². The van der Waals surface area contributed by atoms with Crippen molar-refractivity contribution in [1.82, 2.24) is 10.6 Å². The lowest BCUT2D eigenvalue weighted by Crippen LogP contribution is -2.57. The first-order valence-corrected chi connectivity index (χ1v) is 7.87. The van der Waals surface area contributed by atoms with Crippen molar-refractivity contribution in [2.45, 2.75) is 51.7 Å². The number of morpholine rings is 1. The molecule has 0 aromatic rings. The number of rotatable bonds is 7. The fourth-order valence-corrected chi connectivity index (χ4v) is 3.04. The van der Waals surface area contributed by atoms with Crippen molar-refractivity contribution < 1.29 is 14.3 Å². The number of carbonyl (C=O) groups is 1. The van der Waals surface area contributed by atoms with Gasteiger partial charge >= 0.3 is 0 Å². The van der Waals surface area contributed by atoms with Gasteiger partial charge in [0.1, 0.15) is 6.04 Å². The zero-order valence-electron chi connectivity index (χ0n) is 12.7. The van der Waals surface area contributed by atoms with Gasteiger partial charge in [0.15, 0.2) is 0 Å². The Morgan fingerprint density at radius 2 is 2.30 bits per heavy atom. The molecule has 2 fully saturated rings. The summed E-state index contributed by atoms with van der Waals surface area (Å²) in [4.78, 5) is 12.2. The molecular weight excluding hydrogens is 256 g/mol. The van der Waals surface area contributed by atoms with E-state index in [0.717, 1.165) is 32.7 Å². The Bertz CT molecular complexity index is 318. The minimum Gasteiger partial charge on any atom is -0.382 e. The SMILES string of the molecule is CCOCCC1(CNC(=O)[C@H]2NCCO[C@@H]2C)CCC1. The smallest absolute Gasteiger partial charge is 0.239 e. The molecule has 1 saturated carbocycles. The summed E-state index contributed by atoms with van der Waals surface area (Å²) < 4.78 is 11.0. The summed E-state index contributed by atoms with van der Waals surface area (Å²) in [5.74, 6) is 0.0693. The Morgan fingerprint density at radius 3 is 2.90 bits per heavy atom. The van der Waals surface area contributed by atoms with E-state index in [4.69, 9.17) is 9.47 Å². The Labute approximate surface area is 121 Å². The van der Waals surface area contributed by atoms with Crippen LogP contribution in [0.4, 0.5) is 0 Å². The normalized spacial score (nSPS) is 28.7. The van der Waals surface area contributed by atoms with Crippen LogP contribution < -0.4 is 10.6 Å². The maximum atomic E-state index is 12.2. The van der Waals surface area contributed by atoms with E-state index in [1.54, 1.807) is 0 Å². The first-order chi connectivity index (χ1) is 9.67. The maximum Gasteiger partial charge on any atom is 0.239 e. The number of ether oxygens (including phenoxy) is 2. The summed E-state index contributed by atoms with van der Waals surface area (Å²) in [6, 6.07) is -0.215. The van der Waals surface area contributed by atoms with Gasteiger partial charge in [-0.05, 0) is 38.5 Å². The molecule has 2 atom stereocenters. The third-order valence-corrected chi connectivity index (χ3v) is 4.63. The van der Waals surface area contributed by atoms with E-state index in [1.807, 2.05) is 13.8 Å². The van der Waals surface area contributed by atoms with Crippen LogP contribution in [-0.4, -0.2) is 51.0 Å². The lowest BCUT2D eigenvalue weighted by Gasteiger charge is -2.42. The van der Waals surface area contributed by atoms with Gasteiger partial charge in [-0.15, -0.1) is 0 Å². The summed E-state index contributed by atoms with van der Waals surface area (Å²) in [6.45, 7) is 7.73. The molecule has 5 nitrogen and oxygen atoms in total. The van der Waals surface area contributed by atoms with Crippen molar-refractivity contribution in [2.75, 3.05) is 32.9 Å². The predicted octanol–water partition coefficient (Wildman–Crippen LogP) is 1.08. The van der Waals surface area contributed by atoms with Gasteiger partial charge in [-0.3, -0.25) is 4.79 Å². The highest BCUT2D eigenvalue weighted by atomic mass is 16.5. The van der Waals surface area contributed by atoms with Crippen LogP contribution in [0, 0.1) is 5.41 Å². The number of carbonyl (C=O) groups excluding carboxylic acids is 1. The molecular formula is C15H28N2O3. The monoisotopic (exact) mass is 284 g/mol. The number of hydrogen-bond donors (Lipinski definition) is 2. The summed E-state index contributed by atoms with van der Waals surface area (Å²) in [5, 5.41) is 6.35. The van der Waals surface area contributed by atoms with Crippen LogP contribution >= 0.6 is 0 Å². The molecule has 2 aliphatic rings. The van der Waals surface area contributed by atoms with Gasteiger partial charge in [0.2, 0.25) is 5.91 Å². The number of amides is 1. The van der Waals surface area contributed by atoms with Crippen LogP contribution in [0.1, 0.15) is 39.5 Å². The van der Waals surface area contributed by atoms with Crippen LogP contribution in [-0.2, 0) is 14.3 Å². The highest BCUT2D eigenvalue weighted by Gasteiger charge is 2.38. The molecule has 1 heterocycles. The second-order valence-corrected chi connectivity index (χ2v) is 6.03. The second-order valence-electron chi connectivity index (χ2n) is 6.03. The molecule has 1 saturated heterocycles. The highest BCUT2D eigenvalue weighted by Crippen LogP contribution is 2.43. The lowest BCUT2D eigenvalue weighted by molar-refractivity contribution is -0.130. The molecule has 5 heteroatoms. The van der Waals surface area contributed by atoms with Gasteiger partial charge in [-0.2, -0.15) is 0 Å². The molecule has 0 aromatic heterocycles. The highest BCUT2D eigenvalue weighted by molar-refractivity contribution is 5.82. The van der Waals surface area contributed by atoms with Crippen molar-refractivity contribution in [3.05, 3.63) is 0 Å². The zero-order chi connectivity index (χ0) is 14.4. The molecule has 2 N–H and O–H groups in total. The second kappa shape index (κ2) is 7.38. The Hall–Kier alpha value is -0.650. The van der Waals surface area contributed by atoms with Crippen LogP contribution in [0.5, 0.6) is 0 Å². The van der Waals surface area contributed by atoms with E-state index in [1.165, 1.54) is 19.3 Å². The molecule has 1 aliphatic carbocycles. The van der Waals surface area contributed by atoms with Gasteiger partial charge in [-0.25, -0.2) is 0 Å². The minimum atomic E-state index is -0.215. The standard InChI is InChI=1S/C15H28N2O3/c1-3-19-9-7-15(5-4-6-15)11-17-14(18)13-12(2)20-10-8-16-13/h12-13,16H,3-11H2,1-2H3,(H,17,18)/t12-,13+/m1/s1. The predicted molar refractivity (Wildman–Crippen MR) is 77.6 cm³/mol. The summed E-state index contributed by atoms with van der Waals surface area (Å²) in [6.07, 6.45) is 4.66. The molecule has 1 aliphatic heterocycles. The van der Waals surface area contributed by atoms with E-state index in [-0.39, 0.29) is 23.5 Å². The Balaban J connectivity index is 1.76. The molecule has 1 amide bonds. The van der Waals surface area contributed by atoms with Gasteiger partial charge in [-0.1, -0.05) is 6.42 Å². The van der Waals surface area contributed by atoms with Crippen LogP contribution in [0.2, 0.25) is 0 Å². The third kappa shape index (κ3) is 3.93. The number of hydrogen-bond acceptors (Lipinski definition) is 4. The average molecular weight is 284 g/mol. The van der Waals surface area contributed by atoms with Crippen LogP contribution in [0.15, 0.2) is 0 Å². The lowest BCUT2D eigenvalue weighted by atomic mass is 9.66. The van der Waals surface area contributed by atoms with Crippen molar-refractivity contribution >= 4 is 5.91 Å². The van der Waals surface area contributed by atoms with E-state index in [9.17, 15) is 4.79 Å². The van der Waals surface area contributed by atoms with E-state index < -0.39 is 0 Å². The van der Waals surface area contributed by atoms with Crippen LogP contribution in [0.25, 0.3) is 0 Å². The molecule has 2 rings (SSSR count). The molecule has 0 spiro atoms. The molecule has 0 aromatic carbocycles. The third-order valence-electron chi connectivity index (χ3n) is 4.63. The van der Waals surface area contributed by atoms with E-state index in [0.29, 0.717) is 6.61 Å². The van der Waals surface area contributed by atoms with Crippen molar-refractivity contribution in [3.63, 3.8) is 0 Å². The summed E-state index contributed by atoms with van der Waals surface area (Å²) in [7, 11) is 0. The molecule has 0 unspecified atom stereocenters. The quantitative estimate of drug-likeness (QED) is 0.687. The van der Waals surface area contributed by atoms with Gasteiger partial charge < -0.3 is 20.1 Å². The van der Waals surface area contributed by atoms with Crippen molar-refractivity contribution in [3.8, 4) is 0 Å². The average Bonchev–Trinajstić information content (AvgIpc) is 2.41. The molecule has 116 valence electrons. The minimum absolute atomic E-state index is 0.0514. The Kier molecular flexibility index (Phi) is 5.81. The first-order valence-electron chi connectivity index (χ1n) is 7.87. The molecule has 20 heavy (non-hydrogen) atoms. The number of nitrogens with one attached hydrogen (secondary N) is 2. The fraction of sp³-hybridized carbons (Fsp3) is 0.933. The zero-order valence-corrected chi connectivity index (χ0v) is 12.7. The molecule has 0 radical (unpaired) electrons. The summed E-state index contributed by atoms with van der Waals surface area (Å²) in [5.41, 5.74) is 0.267. The van der Waals surface area contributed by atoms with Gasteiger partial charge in [0, 0.05) is 26.3 Å². The van der Waals surface area contributed by atoms with Crippen LogP contribution in [0.3, 0.4) is 0 Å². The van der Waals surface area contributed by atoms with Crippen molar-refractivity contribution in [2.24, 2.45) is 5.41 Å². The topological polar surface area (TPSA) is 59.6 Å². The van der Waals surface area contributed by atoms with Gasteiger partial charge in [0.25, 0.3) is 0 Å². The van der Waals surface area contributed by atoms with Gasteiger partial charge in [0.05, 0.1) is 12.7 Å². The molecule has 0 bridgehead atoms. The fourth-order valence-electron chi connectivity index (χ4n) is 3.04. The largest absolute Gasteiger partial charge is 0.382 e. The first kappa shape index (κ1) is 15.7.